The van der Waals surface area contributed by atoms with Gasteiger partial charge in [-0.25, -0.2) is 0 Å². The van der Waals surface area contributed by atoms with Gasteiger partial charge in [0.25, 0.3) is 0 Å². The topological polar surface area (TPSA) is 76.1 Å². The minimum absolute atomic E-state index is 0.499. The summed E-state index contributed by atoms with van der Waals surface area (Å²) in [6.45, 7) is 4.85. The fraction of sp³-hybridized carbons (Fsp3) is 0.400. The van der Waals surface area contributed by atoms with Crippen LogP contribution < -0.4 is 10.6 Å². The van der Waals surface area contributed by atoms with Crippen LogP contribution >= 0.6 is 11.3 Å². The first-order valence-corrected chi connectivity index (χ1v) is 8.53. The Labute approximate surface area is 138 Å². The molecule has 2 N–H and O–H groups in total. The highest BCUT2D eigenvalue weighted by Crippen LogP contribution is 2.22. The van der Waals surface area contributed by atoms with Crippen molar-refractivity contribution in [1.82, 2.24) is 24.6 Å². The van der Waals surface area contributed by atoms with Crippen LogP contribution in [-0.2, 0) is 13.6 Å². The van der Waals surface area contributed by atoms with Crippen LogP contribution in [0, 0.1) is 0 Å². The summed E-state index contributed by atoms with van der Waals surface area (Å²) < 4.78 is 1.74. The van der Waals surface area contributed by atoms with Gasteiger partial charge in [0.1, 0.15) is 5.82 Å². The summed E-state index contributed by atoms with van der Waals surface area (Å²) in [6.07, 6.45) is 1.72. The highest BCUT2D eigenvalue weighted by molar-refractivity contribution is 7.09. The summed E-state index contributed by atoms with van der Waals surface area (Å²) in [5.41, 5.74) is 6.84. The third-order valence-electron chi connectivity index (χ3n) is 4.22. The SMILES string of the molecule is Cn1ncc2c(N)nc(N3CCN(Cc4cccs4)CC3)nc21. The number of piperazine rings is 1. The van der Waals surface area contributed by atoms with Crippen molar-refractivity contribution in [2.45, 2.75) is 6.54 Å². The second-order valence-electron chi connectivity index (χ2n) is 5.76. The van der Waals surface area contributed by atoms with Crippen LogP contribution in [0.15, 0.2) is 23.7 Å². The highest BCUT2D eigenvalue weighted by atomic mass is 32.1. The van der Waals surface area contributed by atoms with Gasteiger partial charge in [-0.1, -0.05) is 6.07 Å². The van der Waals surface area contributed by atoms with Crippen molar-refractivity contribution in [3.05, 3.63) is 28.6 Å². The normalized spacial score (nSPS) is 16.3. The van der Waals surface area contributed by atoms with E-state index in [-0.39, 0.29) is 0 Å². The molecular weight excluding hydrogens is 310 g/mol. The van der Waals surface area contributed by atoms with Crippen molar-refractivity contribution in [2.75, 3.05) is 36.8 Å². The van der Waals surface area contributed by atoms with Crippen molar-refractivity contribution in [1.29, 1.82) is 0 Å². The molecule has 1 saturated heterocycles. The smallest absolute Gasteiger partial charge is 0.229 e. The second-order valence-corrected chi connectivity index (χ2v) is 6.79. The zero-order valence-corrected chi connectivity index (χ0v) is 13.8. The molecule has 120 valence electrons. The monoisotopic (exact) mass is 329 g/mol. The molecule has 1 aliphatic heterocycles. The van der Waals surface area contributed by atoms with E-state index in [2.05, 4.69) is 42.4 Å². The average Bonchev–Trinajstić information content (AvgIpc) is 3.19. The highest BCUT2D eigenvalue weighted by Gasteiger charge is 2.21. The first kappa shape index (κ1) is 14.4. The number of anilines is 2. The van der Waals surface area contributed by atoms with Crippen LogP contribution in [0.25, 0.3) is 11.0 Å². The first-order valence-electron chi connectivity index (χ1n) is 7.65. The number of nitrogen functional groups attached to an aromatic ring is 1. The van der Waals surface area contributed by atoms with Crippen LogP contribution in [0.2, 0.25) is 0 Å². The van der Waals surface area contributed by atoms with E-state index in [1.807, 2.05) is 18.4 Å². The molecule has 1 aliphatic rings. The van der Waals surface area contributed by atoms with Crippen molar-refractivity contribution in [2.24, 2.45) is 7.05 Å². The van der Waals surface area contributed by atoms with E-state index in [9.17, 15) is 0 Å². The lowest BCUT2D eigenvalue weighted by Crippen LogP contribution is -2.46. The largest absolute Gasteiger partial charge is 0.383 e. The average molecular weight is 329 g/mol. The maximum absolute atomic E-state index is 6.05. The number of hydrogen-bond donors (Lipinski definition) is 1. The predicted octanol–water partition coefficient (Wildman–Crippen LogP) is 1.33. The van der Waals surface area contributed by atoms with Crippen LogP contribution in [0.3, 0.4) is 0 Å². The molecule has 1 fully saturated rings. The summed E-state index contributed by atoms with van der Waals surface area (Å²) in [5, 5.41) is 7.15. The fourth-order valence-electron chi connectivity index (χ4n) is 2.90. The van der Waals surface area contributed by atoms with Gasteiger partial charge in [0.05, 0.1) is 11.6 Å². The molecule has 8 heteroatoms. The van der Waals surface area contributed by atoms with Gasteiger partial charge in [-0.15, -0.1) is 11.3 Å². The Kier molecular flexibility index (Phi) is 3.62. The standard InChI is InChI=1S/C15H19N7S/c1-20-14-12(9-17-20)13(16)18-15(19-14)22-6-4-21(5-7-22)10-11-3-2-8-23-11/h2-3,8-9H,4-7,10H2,1H3,(H2,16,18,19). The lowest BCUT2D eigenvalue weighted by atomic mass is 10.3. The minimum Gasteiger partial charge on any atom is -0.383 e. The predicted molar refractivity (Wildman–Crippen MR) is 92.5 cm³/mol. The van der Waals surface area contributed by atoms with Crippen LogP contribution in [0.4, 0.5) is 11.8 Å². The lowest BCUT2D eigenvalue weighted by molar-refractivity contribution is 0.251. The Bertz CT molecular complexity index is 803. The number of hydrogen-bond acceptors (Lipinski definition) is 7. The maximum Gasteiger partial charge on any atom is 0.229 e. The molecule has 4 rings (SSSR count). The van der Waals surface area contributed by atoms with Gasteiger partial charge in [-0.05, 0) is 11.4 Å². The molecular formula is C15H19N7S. The van der Waals surface area contributed by atoms with Crippen LogP contribution in [0.1, 0.15) is 4.88 Å². The van der Waals surface area contributed by atoms with E-state index < -0.39 is 0 Å². The second kappa shape index (κ2) is 5.78. The Balaban J connectivity index is 1.48. The van der Waals surface area contributed by atoms with E-state index in [1.54, 1.807) is 10.9 Å². The number of aryl methyl sites for hydroxylation is 1. The van der Waals surface area contributed by atoms with Gasteiger partial charge >= 0.3 is 0 Å². The quantitative estimate of drug-likeness (QED) is 0.781. The third-order valence-corrected chi connectivity index (χ3v) is 5.09. The molecule has 4 heterocycles. The number of thiophene rings is 1. The molecule has 0 spiro atoms. The van der Waals surface area contributed by atoms with Gasteiger partial charge in [0.15, 0.2) is 5.65 Å². The summed E-state index contributed by atoms with van der Waals surface area (Å²) in [5.74, 6) is 1.20. The number of aromatic nitrogens is 4. The summed E-state index contributed by atoms with van der Waals surface area (Å²) in [7, 11) is 1.87. The van der Waals surface area contributed by atoms with Gasteiger partial charge in [0.2, 0.25) is 5.95 Å². The molecule has 0 aromatic carbocycles. The molecule has 0 saturated carbocycles. The maximum atomic E-state index is 6.05. The van der Waals surface area contributed by atoms with Gasteiger partial charge < -0.3 is 10.6 Å². The Morgan fingerprint density at radius 3 is 2.78 bits per heavy atom. The lowest BCUT2D eigenvalue weighted by Gasteiger charge is -2.34. The summed E-state index contributed by atoms with van der Waals surface area (Å²) >= 11 is 1.81. The molecule has 3 aromatic heterocycles. The zero-order chi connectivity index (χ0) is 15.8. The molecule has 23 heavy (non-hydrogen) atoms. The summed E-state index contributed by atoms with van der Waals surface area (Å²) in [4.78, 5) is 15.2. The third kappa shape index (κ3) is 2.75. The number of nitrogens with zero attached hydrogens (tertiary/aromatic N) is 6. The van der Waals surface area contributed by atoms with Gasteiger partial charge in [0, 0.05) is 44.6 Å². The molecule has 7 nitrogen and oxygen atoms in total. The van der Waals surface area contributed by atoms with Crippen molar-refractivity contribution < 1.29 is 0 Å². The molecule has 0 atom stereocenters. The molecule has 0 radical (unpaired) electrons. The molecule has 3 aromatic rings. The number of nitrogens with two attached hydrogens (primary N) is 1. The number of fused-ring (bicyclic) bond motifs is 1. The molecule has 0 amide bonds. The van der Waals surface area contributed by atoms with Crippen molar-refractivity contribution in [3.63, 3.8) is 0 Å². The fourth-order valence-corrected chi connectivity index (χ4v) is 3.65. The Hall–Kier alpha value is -2.19. The Morgan fingerprint density at radius 2 is 2.04 bits per heavy atom. The van der Waals surface area contributed by atoms with E-state index in [0.29, 0.717) is 11.8 Å². The van der Waals surface area contributed by atoms with Crippen LogP contribution in [0.5, 0.6) is 0 Å². The zero-order valence-electron chi connectivity index (χ0n) is 13.0. The van der Waals surface area contributed by atoms with E-state index in [1.165, 1.54) is 4.88 Å². The Morgan fingerprint density at radius 1 is 1.22 bits per heavy atom. The van der Waals surface area contributed by atoms with E-state index in [4.69, 9.17) is 5.73 Å². The van der Waals surface area contributed by atoms with E-state index >= 15 is 0 Å². The van der Waals surface area contributed by atoms with Crippen LogP contribution in [-0.4, -0.2) is 50.8 Å². The summed E-state index contributed by atoms with van der Waals surface area (Å²) in [6, 6.07) is 4.30. The van der Waals surface area contributed by atoms with E-state index in [0.717, 1.165) is 43.8 Å². The van der Waals surface area contributed by atoms with Gasteiger partial charge in [-0.3, -0.25) is 9.58 Å². The first-order chi connectivity index (χ1) is 11.2. The van der Waals surface area contributed by atoms with Gasteiger partial charge in [-0.2, -0.15) is 15.1 Å². The minimum atomic E-state index is 0.499. The molecule has 0 bridgehead atoms. The molecule has 0 unspecified atom stereocenters. The number of rotatable bonds is 3. The van der Waals surface area contributed by atoms with Crippen molar-refractivity contribution >= 4 is 34.1 Å². The molecule has 0 aliphatic carbocycles. The van der Waals surface area contributed by atoms with Crippen molar-refractivity contribution in [3.8, 4) is 0 Å².